The van der Waals surface area contributed by atoms with Crippen LogP contribution in [0.3, 0.4) is 0 Å². The van der Waals surface area contributed by atoms with Gasteiger partial charge in [0.25, 0.3) is 0 Å². The number of benzene rings is 1. The van der Waals surface area contributed by atoms with Gasteiger partial charge in [-0.25, -0.2) is 0 Å². The average Bonchev–Trinajstić information content (AvgIpc) is 3.01. The Balaban J connectivity index is 1.77. The molecule has 2 aliphatic heterocycles. The number of aryl methyl sites for hydroxylation is 2. The Labute approximate surface area is 138 Å². The van der Waals surface area contributed by atoms with E-state index < -0.39 is 0 Å². The molecule has 0 spiro atoms. The Kier molecular flexibility index (Phi) is 4.42. The summed E-state index contributed by atoms with van der Waals surface area (Å²) in [4.78, 5) is 28.6. The summed E-state index contributed by atoms with van der Waals surface area (Å²) in [7, 11) is 1.82. The molecule has 2 amide bonds. The molecule has 0 aliphatic carbocycles. The van der Waals surface area contributed by atoms with Crippen LogP contribution in [0.25, 0.3) is 0 Å². The molecule has 1 aromatic rings. The van der Waals surface area contributed by atoms with Gasteiger partial charge in [-0.3, -0.25) is 9.59 Å². The van der Waals surface area contributed by atoms with Crippen molar-refractivity contribution in [1.82, 2.24) is 9.80 Å². The number of hydrogen-bond acceptors (Lipinski definition) is 2. The Morgan fingerprint density at radius 2 is 1.91 bits per heavy atom. The standard InChI is InChI=1S/C19H26N2O2/c1-13-6-7-15(11-14(13)2)17-5-4-9-21(17)19(23)16-8-10-20(3)18(22)12-16/h6-7,11,16-17H,4-5,8-10,12H2,1-3H3/t16-,17+/m0/s1. The minimum Gasteiger partial charge on any atom is -0.346 e. The molecule has 2 aliphatic rings. The monoisotopic (exact) mass is 314 g/mol. The highest BCUT2D eigenvalue weighted by Gasteiger charge is 2.36. The van der Waals surface area contributed by atoms with Gasteiger partial charge < -0.3 is 9.80 Å². The molecule has 124 valence electrons. The van der Waals surface area contributed by atoms with Crippen molar-refractivity contribution in [2.24, 2.45) is 5.92 Å². The van der Waals surface area contributed by atoms with Crippen molar-refractivity contribution >= 4 is 11.8 Å². The van der Waals surface area contributed by atoms with E-state index in [4.69, 9.17) is 0 Å². The zero-order chi connectivity index (χ0) is 16.6. The molecular weight excluding hydrogens is 288 g/mol. The SMILES string of the molecule is Cc1ccc([C@H]2CCCN2C(=O)[C@H]2CCN(C)C(=O)C2)cc1C. The smallest absolute Gasteiger partial charge is 0.226 e. The third-order valence-corrected chi connectivity index (χ3v) is 5.46. The van der Waals surface area contributed by atoms with Crippen molar-refractivity contribution in [3.8, 4) is 0 Å². The highest BCUT2D eigenvalue weighted by Crippen LogP contribution is 2.35. The molecule has 4 nitrogen and oxygen atoms in total. The number of carbonyl (C=O) groups is 2. The van der Waals surface area contributed by atoms with E-state index in [0.29, 0.717) is 13.0 Å². The first-order valence-corrected chi connectivity index (χ1v) is 8.59. The fraction of sp³-hybridized carbons (Fsp3) is 0.579. The lowest BCUT2D eigenvalue weighted by molar-refractivity contribution is -0.145. The lowest BCUT2D eigenvalue weighted by Crippen LogP contribution is -2.43. The fourth-order valence-corrected chi connectivity index (χ4v) is 3.74. The Morgan fingerprint density at radius 3 is 2.61 bits per heavy atom. The number of likely N-dealkylation sites (tertiary alicyclic amines) is 2. The second-order valence-electron chi connectivity index (χ2n) is 7.04. The first-order chi connectivity index (χ1) is 11.0. The fourth-order valence-electron chi connectivity index (χ4n) is 3.74. The van der Waals surface area contributed by atoms with E-state index in [2.05, 4.69) is 32.0 Å². The van der Waals surface area contributed by atoms with Gasteiger partial charge in [0.15, 0.2) is 0 Å². The Hall–Kier alpha value is -1.84. The van der Waals surface area contributed by atoms with Crippen molar-refractivity contribution < 1.29 is 9.59 Å². The highest BCUT2D eigenvalue weighted by molar-refractivity contribution is 5.87. The molecule has 2 heterocycles. The molecule has 0 saturated carbocycles. The second kappa shape index (κ2) is 6.34. The van der Waals surface area contributed by atoms with Crippen LogP contribution in [0.2, 0.25) is 0 Å². The predicted octanol–water partition coefficient (Wildman–Crippen LogP) is 2.84. The highest BCUT2D eigenvalue weighted by atomic mass is 16.2. The van der Waals surface area contributed by atoms with E-state index in [-0.39, 0.29) is 23.8 Å². The Bertz CT molecular complexity index is 626. The summed E-state index contributed by atoms with van der Waals surface area (Å²) in [6.45, 7) is 5.74. The van der Waals surface area contributed by atoms with Crippen molar-refractivity contribution in [2.75, 3.05) is 20.1 Å². The van der Waals surface area contributed by atoms with Crippen LogP contribution in [0.4, 0.5) is 0 Å². The minimum atomic E-state index is -0.133. The van der Waals surface area contributed by atoms with Crippen molar-refractivity contribution in [2.45, 2.75) is 45.6 Å². The summed E-state index contributed by atoms with van der Waals surface area (Å²) in [5.74, 6) is 0.134. The van der Waals surface area contributed by atoms with Gasteiger partial charge >= 0.3 is 0 Å². The number of piperidine rings is 1. The summed E-state index contributed by atoms with van der Waals surface area (Å²) >= 11 is 0. The summed E-state index contributed by atoms with van der Waals surface area (Å²) in [5.41, 5.74) is 3.79. The topological polar surface area (TPSA) is 40.6 Å². The van der Waals surface area contributed by atoms with Crippen molar-refractivity contribution in [3.63, 3.8) is 0 Å². The molecular formula is C19H26N2O2. The molecule has 1 aromatic carbocycles. The van der Waals surface area contributed by atoms with Gasteiger partial charge in [0.2, 0.25) is 11.8 Å². The molecule has 2 saturated heterocycles. The normalized spacial score (nSPS) is 25.1. The summed E-state index contributed by atoms with van der Waals surface area (Å²) in [6.07, 6.45) is 3.22. The van der Waals surface area contributed by atoms with Gasteiger partial charge in [-0.2, -0.15) is 0 Å². The molecule has 3 rings (SSSR count). The molecule has 0 bridgehead atoms. The molecule has 0 aromatic heterocycles. The first-order valence-electron chi connectivity index (χ1n) is 8.59. The van der Waals surface area contributed by atoms with Gasteiger partial charge in [0.1, 0.15) is 0 Å². The largest absolute Gasteiger partial charge is 0.346 e. The molecule has 4 heteroatoms. The molecule has 0 radical (unpaired) electrons. The number of carbonyl (C=O) groups excluding carboxylic acids is 2. The van der Waals surface area contributed by atoms with Crippen LogP contribution in [-0.4, -0.2) is 41.8 Å². The van der Waals surface area contributed by atoms with Crippen molar-refractivity contribution in [3.05, 3.63) is 34.9 Å². The Morgan fingerprint density at radius 1 is 1.13 bits per heavy atom. The zero-order valence-corrected chi connectivity index (χ0v) is 14.3. The van der Waals surface area contributed by atoms with Crippen LogP contribution in [0.15, 0.2) is 18.2 Å². The van der Waals surface area contributed by atoms with E-state index in [1.165, 1.54) is 16.7 Å². The predicted molar refractivity (Wildman–Crippen MR) is 90.0 cm³/mol. The maximum atomic E-state index is 12.9. The first kappa shape index (κ1) is 16.0. The summed E-state index contributed by atoms with van der Waals surface area (Å²) in [6, 6.07) is 6.69. The van der Waals surface area contributed by atoms with Gasteiger partial charge in [0, 0.05) is 32.5 Å². The number of rotatable bonds is 2. The zero-order valence-electron chi connectivity index (χ0n) is 14.3. The summed E-state index contributed by atoms with van der Waals surface area (Å²) in [5, 5.41) is 0. The molecule has 2 atom stereocenters. The average molecular weight is 314 g/mol. The molecule has 0 N–H and O–H groups in total. The van der Waals surface area contributed by atoms with Crippen LogP contribution < -0.4 is 0 Å². The van der Waals surface area contributed by atoms with Gasteiger partial charge in [-0.1, -0.05) is 18.2 Å². The van der Waals surface area contributed by atoms with Crippen molar-refractivity contribution in [1.29, 1.82) is 0 Å². The van der Waals surface area contributed by atoms with E-state index in [0.717, 1.165) is 25.8 Å². The quantitative estimate of drug-likeness (QED) is 0.842. The lowest BCUT2D eigenvalue weighted by atomic mass is 9.93. The maximum Gasteiger partial charge on any atom is 0.226 e. The number of hydrogen-bond donors (Lipinski definition) is 0. The molecule has 23 heavy (non-hydrogen) atoms. The van der Waals surface area contributed by atoms with Gasteiger partial charge in [0.05, 0.1) is 6.04 Å². The maximum absolute atomic E-state index is 12.9. The third-order valence-electron chi connectivity index (χ3n) is 5.46. The molecule has 2 fully saturated rings. The van der Waals surface area contributed by atoms with Crippen LogP contribution in [0, 0.1) is 19.8 Å². The lowest BCUT2D eigenvalue weighted by Gasteiger charge is -2.33. The van der Waals surface area contributed by atoms with Crippen LogP contribution in [0.5, 0.6) is 0 Å². The van der Waals surface area contributed by atoms with Crippen LogP contribution in [-0.2, 0) is 9.59 Å². The van der Waals surface area contributed by atoms with E-state index >= 15 is 0 Å². The second-order valence-corrected chi connectivity index (χ2v) is 7.04. The number of nitrogens with zero attached hydrogens (tertiary/aromatic N) is 2. The molecule has 0 unspecified atom stereocenters. The number of amides is 2. The third kappa shape index (κ3) is 3.12. The summed E-state index contributed by atoms with van der Waals surface area (Å²) < 4.78 is 0. The minimum absolute atomic E-state index is 0.0940. The van der Waals surface area contributed by atoms with Crippen LogP contribution in [0.1, 0.15) is 48.4 Å². The van der Waals surface area contributed by atoms with Crippen LogP contribution >= 0.6 is 0 Å². The van der Waals surface area contributed by atoms with Gasteiger partial charge in [-0.15, -0.1) is 0 Å². The van der Waals surface area contributed by atoms with E-state index in [9.17, 15) is 9.59 Å². The van der Waals surface area contributed by atoms with E-state index in [1.54, 1.807) is 4.90 Å². The van der Waals surface area contributed by atoms with Gasteiger partial charge in [-0.05, 0) is 49.8 Å². The van der Waals surface area contributed by atoms with E-state index in [1.807, 2.05) is 11.9 Å².